The van der Waals surface area contributed by atoms with E-state index >= 15 is 0 Å². The van der Waals surface area contributed by atoms with Gasteiger partial charge in [0.2, 0.25) is 5.91 Å². The topological polar surface area (TPSA) is 67.9 Å². The van der Waals surface area contributed by atoms with E-state index in [1.54, 1.807) is 19.1 Å². The number of nitrogens with zero attached hydrogens (tertiary/aromatic N) is 1. The lowest BCUT2D eigenvalue weighted by Crippen LogP contribution is -2.49. The monoisotopic (exact) mass is 484 g/mol. The summed E-state index contributed by atoms with van der Waals surface area (Å²) in [6.45, 7) is 0. The molecule has 36 heavy (non-hydrogen) atoms. The van der Waals surface area contributed by atoms with Gasteiger partial charge in [0.05, 0.1) is 26.2 Å². The van der Waals surface area contributed by atoms with E-state index in [-0.39, 0.29) is 17.9 Å². The summed E-state index contributed by atoms with van der Waals surface area (Å²) in [5.74, 6) is 0.701. The third-order valence-corrected chi connectivity index (χ3v) is 7.38. The van der Waals surface area contributed by atoms with Gasteiger partial charge in [0.1, 0.15) is 11.5 Å². The molecular formula is C30H32N2O4. The number of methoxy groups -OCH3 is 2. The SMILES string of the molecule is COc1ccc([C@H]2[C@H](C(=O)NC3CCCCC3)c3ccccc3C(=O)N2c2ccc(OC)cc2)cc1. The molecule has 6 nitrogen and oxygen atoms in total. The molecule has 186 valence electrons. The lowest BCUT2D eigenvalue weighted by molar-refractivity contribution is -0.124. The molecule has 0 bridgehead atoms. The number of ether oxygens (including phenoxy) is 2. The predicted octanol–water partition coefficient (Wildman–Crippen LogP) is 5.64. The number of anilines is 1. The Kier molecular flexibility index (Phi) is 6.94. The molecule has 2 aliphatic rings. The van der Waals surface area contributed by atoms with Crippen molar-refractivity contribution in [2.75, 3.05) is 19.1 Å². The van der Waals surface area contributed by atoms with Crippen LogP contribution < -0.4 is 19.7 Å². The predicted molar refractivity (Wildman–Crippen MR) is 140 cm³/mol. The Balaban J connectivity index is 1.64. The van der Waals surface area contributed by atoms with Crippen molar-refractivity contribution in [3.63, 3.8) is 0 Å². The van der Waals surface area contributed by atoms with Crippen molar-refractivity contribution in [2.24, 2.45) is 0 Å². The van der Waals surface area contributed by atoms with Crippen LogP contribution in [-0.2, 0) is 4.79 Å². The molecule has 0 unspecified atom stereocenters. The van der Waals surface area contributed by atoms with Crippen molar-refractivity contribution in [3.8, 4) is 11.5 Å². The minimum absolute atomic E-state index is 0.0406. The third kappa shape index (κ3) is 4.55. The number of hydrogen-bond donors (Lipinski definition) is 1. The maximum atomic E-state index is 14.0. The highest BCUT2D eigenvalue weighted by atomic mass is 16.5. The normalized spacial score (nSPS) is 19.9. The summed E-state index contributed by atoms with van der Waals surface area (Å²) in [6, 6.07) is 22.2. The van der Waals surface area contributed by atoms with Crippen LogP contribution in [0.2, 0.25) is 0 Å². The molecule has 1 fully saturated rings. The fourth-order valence-corrected chi connectivity index (χ4v) is 5.52. The van der Waals surface area contributed by atoms with Gasteiger partial charge in [0, 0.05) is 17.3 Å². The summed E-state index contributed by atoms with van der Waals surface area (Å²) < 4.78 is 10.7. The number of carbonyl (C=O) groups excluding carboxylic acids is 2. The van der Waals surface area contributed by atoms with Crippen molar-refractivity contribution in [2.45, 2.75) is 50.1 Å². The zero-order chi connectivity index (χ0) is 25.1. The average Bonchev–Trinajstić information content (AvgIpc) is 2.93. The number of carbonyl (C=O) groups is 2. The van der Waals surface area contributed by atoms with Gasteiger partial charge in [-0.25, -0.2) is 0 Å². The van der Waals surface area contributed by atoms with Gasteiger partial charge < -0.3 is 14.8 Å². The minimum Gasteiger partial charge on any atom is -0.497 e. The Bertz CT molecular complexity index is 1220. The molecule has 2 atom stereocenters. The molecule has 6 heteroatoms. The van der Waals surface area contributed by atoms with Crippen LogP contribution in [0.4, 0.5) is 5.69 Å². The lowest BCUT2D eigenvalue weighted by Gasteiger charge is -2.42. The van der Waals surface area contributed by atoms with Gasteiger partial charge in [-0.3, -0.25) is 14.5 Å². The van der Waals surface area contributed by atoms with E-state index in [1.807, 2.05) is 72.8 Å². The largest absolute Gasteiger partial charge is 0.497 e. The Morgan fingerprint density at radius 2 is 1.44 bits per heavy atom. The molecule has 1 heterocycles. The van der Waals surface area contributed by atoms with E-state index in [9.17, 15) is 9.59 Å². The quantitative estimate of drug-likeness (QED) is 0.492. The molecule has 0 aromatic heterocycles. The second kappa shape index (κ2) is 10.4. The zero-order valence-corrected chi connectivity index (χ0v) is 20.8. The molecule has 0 radical (unpaired) electrons. The first-order valence-corrected chi connectivity index (χ1v) is 12.6. The van der Waals surface area contributed by atoms with Gasteiger partial charge in [-0.1, -0.05) is 49.6 Å². The van der Waals surface area contributed by atoms with Crippen molar-refractivity contribution >= 4 is 17.5 Å². The van der Waals surface area contributed by atoms with Crippen LogP contribution >= 0.6 is 0 Å². The number of amides is 2. The van der Waals surface area contributed by atoms with Crippen LogP contribution in [0, 0.1) is 0 Å². The van der Waals surface area contributed by atoms with Crippen LogP contribution in [0.5, 0.6) is 11.5 Å². The van der Waals surface area contributed by atoms with E-state index in [4.69, 9.17) is 9.47 Å². The van der Waals surface area contributed by atoms with Gasteiger partial charge in [-0.2, -0.15) is 0 Å². The summed E-state index contributed by atoms with van der Waals surface area (Å²) in [6.07, 6.45) is 5.46. The molecular weight excluding hydrogens is 452 g/mol. The molecule has 1 saturated carbocycles. The smallest absolute Gasteiger partial charge is 0.259 e. The number of benzene rings is 3. The molecule has 2 amide bonds. The summed E-state index contributed by atoms with van der Waals surface area (Å²) >= 11 is 0. The Labute approximate surface area is 212 Å². The fraction of sp³-hybridized carbons (Fsp3) is 0.333. The van der Waals surface area contributed by atoms with Gasteiger partial charge in [-0.05, 0) is 66.4 Å². The first-order chi connectivity index (χ1) is 17.6. The maximum Gasteiger partial charge on any atom is 0.259 e. The van der Waals surface area contributed by atoms with Gasteiger partial charge in [0.25, 0.3) is 5.91 Å². The second-order valence-corrected chi connectivity index (χ2v) is 9.50. The van der Waals surface area contributed by atoms with E-state index in [1.165, 1.54) is 6.42 Å². The van der Waals surface area contributed by atoms with Crippen molar-refractivity contribution in [3.05, 3.63) is 89.5 Å². The molecule has 1 aliphatic carbocycles. The molecule has 1 aliphatic heterocycles. The lowest BCUT2D eigenvalue weighted by atomic mass is 9.78. The van der Waals surface area contributed by atoms with E-state index in [2.05, 4.69) is 5.32 Å². The maximum absolute atomic E-state index is 14.0. The molecule has 0 spiro atoms. The Morgan fingerprint density at radius 3 is 2.08 bits per heavy atom. The molecule has 5 rings (SSSR count). The number of hydrogen-bond acceptors (Lipinski definition) is 4. The standard InChI is InChI=1S/C30H32N2O4/c1-35-23-16-12-20(13-17-23)28-27(29(33)31-21-8-4-3-5-9-21)25-10-6-7-11-26(25)30(34)32(28)22-14-18-24(36-2)19-15-22/h6-7,10-19,21,27-28H,3-5,8-9H2,1-2H3,(H,31,33)/t27-,28+/m1/s1. The fourth-order valence-electron chi connectivity index (χ4n) is 5.52. The first kappa shape index (κ1) is 23.9. The summed E-state index contributed by atoms with van der Waals surface area (Å²) in [5.41, 5.74) is 2.91. The summed E-state index contributed by atoms with van der Waals surface area (Å²) in [7, 11) is 3.24. The highest BCUT2D eigenvalue weighted by Gasteiger charge is 2.45. The van der Waals surface area contributed by atoms with E-state index in [0.717, 1.165) is 42.6 Å². The summed E-state index contributed by atoms with van der Waals surface area (Å²) in [4.78, 5) is 29.8. The Hall–Kier alpha value is -3.80. The zero-order valence-electron chi connectivity index (χ0n) is 20.8. The van der Waals surface area contributed by atoms with Crippen LogP contribution in [0.15, 0.2) is 72.8 Å². The molecule has 3 aromatic carbocycles. The highest BCUT2D eigenvalue weighted by molar-refractivity contribution is 6.11. The highest BCUT2D eigenvalue weighted by Crippen LogP contribution is 2.45. The van der Waals surface area contributed by atoms with Crippen molar-refractivity contribution in [1.82, 2.24) is 5.32 Å². The minimum atomic E-state index is -0.559. The average molecular weight is 485 g/mol. The van der Waals surface area contributed by atoms with Crippen LogP contribution in [-0.4, -0.2) is 32.1 Å². The van der Waals surface area contributed by atoms with Crippen LogP contribution in [0.25, 0.3) is 0 Å². The van der Waals surface area contributed by atoms with Crippen LogP contribution in [0.3, 0.4) is 0 Å². The molecule has 1 N–H and O–H groups in total. The van der Waals surface area contributed by atoms with Gasteiger partial charge in [-0.15, -0.1) is 0 Å². The first-order valence-electron chi connectivity index (χ1n) is 12.6. The second-order valence-electron chi connectivity index (χ2n) is 9.50. The van der Waals surface area contributed by atoms with Crippen molar-refractivity contribution < 1.29 is 19.1 Å². The number of fused-ring (bicyclic) bond motifs is 1. The molecule has 3 aromatic rings. The number of rotatable bonds is 6. The van der Waals surface area contributed by atoms with Crippen LogP contribution in [0.1, 0.15) is 65.5 Å². The van der Waals surface area contributed by atoms with E-state index < -0.39 is 12.0 Å². The van der Waals surface area contributed by atoms with Gasteiger partial charge in [0.15, 0.2) is 0 Å². The van der Waals surface area contributed by atoms with E-state index in [0.29, 0.717) is 17.0 Å². The summed E-state index contributed by atoms with van der Waals surface area (Å²) in [5, 5.41) is 3.34. The number of nitrogens with one attached hydrogen (secondary N) is 1. The van der Waals surface area contributed by atoms with Crippen molar-refractivity contribution in [1.29, 1.82) is 0 Å². The van der Waals surface area contributed by atoms with Gasteiger partial charge >= 0.3 is 0 Å². The Morgan fingerprint density at radius 1 is 0.833 bits per heavy atom. The molecule has 0 saturated heterocycles. The third-order valence-electron chi connectivity index (χ3n) is 7.38.